The number of hydrogen-bond donors (Lipinski definition) is 1. The number of carbonyl (C=O) groups excluding carboxylic acids is 1. The summed E-state index contributed by atoms with van der Waals surface area (Å²) < 4.78 is 7.27. The maximum Gasteiger partial charge on any atom is 0.227 e. The number of methoxy groups -OCH3 is 1. The largest absolute Gasteiger partial charge is 0.497 e. The highest BCUT2D eigenvalue weighted by Crippen LogP contribution is 2.26. The topological polar surface area (TPSA) is 56.1 Å². The van der Waals surface area contributed by atoms with E-state index in [2.05, 4.69) is 33.1 Å². The van der Waals surface area contributed by atoms with E-state index in [-0.39, 0.29) is 5.91 Å². The van der Waals surface area contributed by atoms with Crippen LogP contribution in [0, 0.1) is 0 Å². The summed E-state index contributed by atoms with van der Waals surface area (Å²) in [5.41, 5.74) is 2.97. The minimum atomic E-state index is -0.0385. The van der Waals surface area contributed by atoms with Crippen LogP contribution in [0.25, 0.3) is 22.2 Å². The molecule has 0 bridgehead atoms. The predicted octanol–water partition coefficient (Wildman–Crippen LogP) is 4.80. The number of ether oxygens (including phenoxy) is 1. The van der Waals surface area contributed by atoms with Crippen LogP contribution >= 0.6 is 11.3 Å². The van der Waals surface area contributed by atoms with Gasteiger partial charge in [0.05, 0.1) is 12.8 Å². The van der Waals surface area contributed by atoms with Crippen molar-refractivity contribution in [2.45, 2.75) is 13.0 Å². The highest BCUT2D eigenvalue weighted by Gasteiger charge is 2.09. The van der Waals surface area contributed by atoms with Gasteiger partial charge < -0.3 is 14.6 Å². The number of anilines is 1. The first kappa shape index (κ1) is 17.3. The molecule has 0 saturated carbocycles. The monoisotopic (exact) mass is 377 g/mol. The van der Waals surface area contributed by atoms with Crippen LogP contribution in [0.15, 0.2) is 66.2 Å². The van der Waals surface area contributed by atoms with Gasteiger partial charge in [-0.25, -0.2) is 4.98 Å². The summed E-state index contributed by atoms with van der Waals surface area (Å²) in [5.74, 6) is 0.767. The number of aryl methyl sites for hydroxylation is 1. The Balaban J connectivity index is 1.37. The van der Waals surface area contributed by atoms with Gasteiger partial charge in [-0.15, -0.1) is 11.3 Å². The van der Waals surface area contributed by atoms with E-state index < -0.39 is 0 Å². The van der Waals surface area contributed by atoms with Gasteiger partial charge in [-0.05, 0) is 41.8 Å². The van der Waals surface area contributed by atoms with E-state index in [4.69, 9.17) is 4.74 Å². The summed E-state index contributed by atoms with van der Waals surface area (Å²) in [6.45, 7) is 0.635. The normalized spacial score (nSPS) is 10.9. The van der Waals surface area contributed by atoms with Crippen LogP contribution < -0.4 is 10.1 Å². The summed E-state index contributed by atoms with van der Waals surface area (Å²) in [7, 11) is 1.64. The molecule has 1 N–H and O–H groups in total. The Hall–Kier alpha value is -3.12. The van der Waals surface area contributed by atoms with Gasteiger partial charge in [0.1, 0.15) is 5.75 Å². The molecule has 0 radical (unpaired) electrons. The second-order valence-electron chi connectivity index (χ2n) is 6.13. The number of para-hydroxylation sites is 1. The van der Waals surface area contributed by atoms with Gasteiger partial charge in [-0.3, -0.25) is 4.79 Å². The molecule has 0 spiro atoms. The molecule has 1 amide bonds. The molecule has 0 aliphatic carbocycles. The number of carbonyl (C=O) groups is 1. The van der Waals surface area contributed by atoms with E-state index in [1.54, 1.807) is 7.11 Å². The van der Waals surface area contributed by atoms with Crippen LogP contribution in [0.3, 0.4) is 0 Å². The van der Waals surface area contributed by atoms with Crippen LogP contribution in [0.1, 0.15) is 6.42 Å². The summed E-state index contributed by atoms with van der Waals surface area (Å²) in [6, 6.07) is 17.9. The van der Waals surface area contributed by atoms with Crippen molar-refractivity contribution in [3.05, 3.63) is 66.2 Å². The average molecular weight is 377 g/mol. The molecule has 27 heavy (non-hydrogen) atoms. The number of hydrogen-bond acceptors (Lipinski definition) is 4. The van der Waals surface area contributed by atoms with Crippen LogP contribution in [-0.4, -0.2) is 22.6 Å². The molecular weight excluding hydrogens is 358 g/mol. The zero-order valence-electron chi connectivity index (χ0n) is 14.9. The van der Waals surface area contributed by atoms with Gasteiger partial charge in [0.25, 0.3) is 0 Å². The number of thiazole rings is 1. The van der Waals surface area contributed by atoms with Crippen molar-refractivity contribution in [2.24, 2.45) is 0 Å². The van der Waals surface area contributed by atoms with E-state index in [1.807, 2.05) is 48.0 Å². The van der Waals surface area contributed by atoms with Crippen molar-refractivity contribution < 1.29 is 9.53 Å². The smallest absolute Gasteiger partial charge is 0.227 e. The number of amides is 1. The number of benzene rings is 2. The third-order valence-electron chi connectivity index (χ3n) is 4.40. The lowest BCUT2D eigenvalue weighted by Crippen LogP contribution is -2.14. The van der Waals surface area contributed by atoms with E-state index in [9.17, 15) is 4.79 Å². The SMILES string of the molecule is COc1ccc(-c2csc(NC(=O)CCn3ccc4ccccc43)n2)cc1. The number of rotatable bonds is 6. The first-order chi connectivity index (χ1) is 13.2. The molecule has 0 saturated heterocycles. The van der Waals surface area contributed by atoms with Crippen LogP contribution in [0.4, 0.5) is 5.13 Å². The summed E-state index contributed by atoms with van der Waals surface area (Å²) in [4.78, 5) is 16.8. The Morgan fingerprint density at radius 3 is 2.78 bits per heavy atom. The molecule has 0 unspecified atom stereocenters. The van der Waals surface area contributed by atoms with Crippen LogP contribution in [0.2, 0.25) is 0 Å². The lowest BCUT2D eigenvalue weighted by Gasteiger charge is -2.05. The third-order valence-corrected chi connectivity index (χ3v) is 5.15. The van der Waals surface area contributed by atoms with Crippen molar-refractivity contribution in [3.8, 4) is 17.0 Å². The Labute approximate surface area is 161 Å². The number of nitrogens with zero attached hydrogens (tertiary/aromatic N) is 2. The van der Waals surface area contributed by atoms with Gasteiger partial charge >= 0.3 is 0 Å². The predicted molar refractivity (Wildman–Crippen MR) is 109 cm³/mol. The molecule has 0 atom stereocenters. The number of nitrogens with one attached hydrogen (secondary N) is 1. The molecule has 5 nitrogen and oxygen atoms in total. The second-order valence-corrected chi connectivity index (χ2v) is 6.99. The highest BCUT2D eigenvalue weighted by molar-refractivity contribution is 7.14. The van der Waals surface area contributed by atoms with Crippen molar-refractivity contribution >= 4 is 33.3 Å². The van der Waals surface area contributed by atoms with Gasteiger partial charge in [0, 0.05) is 35.6 Å². The maximum atomic E-state index is 12.3. The molecule has 0 aliphatic heterocycles. The Morgan fingerprint density at radius 2 is 1.96 bits per heavy atom. The van der Waals surface area contributed by atoms with Gasteiger partial charge in [0.2, 0.25) is 5.91 Å². The fraction of sp³-hybridized carbons (Fsp3) is 0.143. The molecule has 136 valence electrons. The minimum absolute atomic E-state index is 0.0385. The second kappa shape index (κ2) is 7.63. The fourth-order valence-corrected chi connectivity index (χ4v) is 3.70. The van der Waals surface area contributed by atoms with Gasteiger partial charge in [-0.1, -0.05) is 18.2 Å². The van der Waals surface area contributed by atoms with E-state index in [0.29, 0.717) is 18.1 Å². The summed E-state index contributed by atoms with van der Waals surface area (Å²) in [5, 5.41) is 6.63. The molecule has 2 aromatic carbocycles. The molecule has 6 heteroatoms. The zero-order chi connectivity index (χ0) is 18.6. The lowest BCUT2D eigenvalue weighted by molar-refractivity contribution is -0.116. The van der Waals surface area contributed by atoms with E-state index in [1.165, 1.54) is 16.7 Å². The van der Waals surface area contributed by atoms with Crippen molar-refractivity contribution in [3.63, 3.8) is 0 Å². The van der Waals surface area contributed by atoms with E-state index >= 15 is 0 Å². The third kappa shape index (κ3) is 3.85. The van der Waals surface area contributed by atoms with E-state index in [0.717, 1.165) is 22.5 Å². The Kier molecular flexibility index (Phi) is 4.89. The molecule has 0 fully saturated rings. The molecule has 0 aliphatic rings. The molecule has 2 heterocycles. The summed E-state index contributed by atoms with van der Waals surface area (Å²) >= 11 is 1.43. The zero-order valence-corrected chi connectivity index (χ0v) is 15.7. The molecular formula is C21H19N3O2S. The van der Waals surface area contributed by atoms with Crippen molar-refractivity contribution in [2.75, 3.05) is 12.4 Å². The van der Waals surface area contributed by atoms with Crippen molar-refractivity contribution in [1.82, 2.24) is 9.55 Å². The maximum absolute atomic E-state index is 12.3. The van der Waals surface area contributed by atoms with Crippen LogP contribution in [-0.2, 0) is 11.3 Å². The van der Waals surface area contributed by atoms with Gasteiger partial charge in [-0.2, -0.15) is 0 Å². The minimum Gasteiger partial charge on any atom is -0.497 e. The number of fused-ring (bicyclic) bond motifs is 1. The Morgan fingerprint density at radius 1 is 1.15 bits per heavy atom. The van der Waals surface area contributed by atoms with Gasteiger partial charge in [0.15, 0.2) is 5.13 Å². The summed E-state index contributed by atoms with van der Waals surface area (Å²) in [6.07, 6.45) is 2.42. The lowest BCUT2D eigenvalue weighted by atomic mass is 10.2. The fourth-order valence-electron chi connectivity index (χ4n) is 2.96. The number of aromatic nitrogens is 2. The van der Waals surface area contributed by atoms with Crippen LogP contribution in [0.5, 0.6) is 5.75 Å². The first-order valence-corrected chi connectivity index (χ1v) is 9.54. The highest BCUT2D eigenvalue weighted by atomic mass is 32.1. The Bertz CT molecular complexity index is 1070. The standard InChI is InChI=1S/C21H19N3O2S/c1-26-17-8-6-15(7-9-17)18-14-27-21(22-18)23-20(25)11-13-24-12-10-16-4-2-3-5-19(16)24/h2-10,12,14H,11,13H2,1H3,(H,22,23,25). The van der Waals surface area contributed by atoms with Crippen molar-refractivity contribution in [1.29, 1.82) is 0 Å². The average Bonchev–Trinajstić information content (AvgIpc) is 3.33. The first-order valence-electron chi connectivity index (χ1n) is 8.66. The quantitative estimate of drug-likeness (QED) is 0.525. The molecule has 2 aromatic heterocycles. The molecule has 4 aromatic rings. The molecule has 4 rings (SSSR count).